The van der Waals surface area contributed by atoms with Crippen molar-refractivity contribution in [3.8, 4) is 0 Å². The van der Waals surface area contributed by atoms with Crippen LogP contribution < -0.4 is 5.32 Å². The van der Waals surface area contributed by atoms with Gasteiger partial charge in [0.05, 0.1) is 12.2 Å². The van der Waals surface area contributed by atoms with E-state index < -0.39 is 12.3 Å². The third-order valence-corrected chi connectivity index (χ3v) is 5.08. The van der Waals surface area contributed by atoms with E-state index in [1.807, 2.05) is 36.7 Å². The van der Waals surface area contributed by atoms with E-state index in [0.29, 0.717) is 13.2 Å². The molecule has 0 aromatic carbocycles. The van der Waals surface area contributed by atoms with Crippen molar-refractivity contribution in [2.24, 2.45) is 0 Å². The van der Waals surface area contributed by atoms with Gasteiger partial charge in [0.2, 0.25) is 11.8 Å². The van der Waals surface area contributed by atoms with Crippen LogP contribution in [0.2, 0.25) is 0 Å². The van der Waals surface area contributed by atoms with E-state index in [2.05, 4.69) is 5.32 Å². The number of nitrogens with zero attached hydrogens (tertiary/aromatic N) is 2. The molecule has 2 amide bonds. The van der Waals surface area contributed by atoms with Crippen LogP contribution in [0, 0.1) is 0 Å². The molecule has 7 nitrogen and oxygen atoms in total. The smallest absolute Gasteiger partial charge is 0.249 e. The van der Waals surface area contributed by atoms with Gasteiger partial charge in [-0.25, -0.2) is 0 Å². The Labute approximate surface area is 154 Å². The third kappa shape index (κ3) is 4.10. The second-order valence-electron chi connectivity index (χ2n) is 6.84. The predicted molar refractivity (Wildman–Crippen MR) is 96.3 cm³/mol. The summed E-state index contributed by atoms with van der Waals surface area (Å²) in [5, 5.41) is 3.14. The maximum Gasteiger partial charge on any atom is 0.249 e. The Morgan fingerprint density at radius 3 is 2.62 bits per heavy atom. The van der Waals surface area contributed by atoms with E-state index in [4.69, 9.17) is 9.47 Å². The molecule has 0 radical (unpaired) electrons. The Morgan fingerprint density at radius 2 is 1.96 bits per heavy atom. The van der Waals surface area contributed by atoms with Gasteiger partial charge in [0.15, 0.2) is 12.3 Å². The van der Waals surface area contributed by atoms with Gasteiger partial charge >= 0.3 is 0 Å². The standard InChI is InChI=1S/C19H29N3O4/c1-3-25-17(26-4-2)13-22-16(23)12-21-11-7-10-15(21)18(22)19(24)20-14-8-5-6-9-14/h7,10-11,14,17-18H,3-6,8-9,12-13H2,1-2H3,(H,20,24)/t18-/m1/s1. The summed E-state index contributed by atoms with van der Waals surface area (Å²) >= 11 is 0. The van der Waals surface area contributed by atoms with Crippen molar-refractivity contribution < 1.29 is 19.1 Å². The van der Waals surface area contributed by atoms with E-state index in [1.165, 1.54) is 0 Å². The lowest BCUT2D eigenvalue weighted by Gasteiger charge is -2.38. The first-order valence-electron chi connectivity index (χ1n) is 9.62. The molecule has 0 unspecified atom stereocenters. The zero-order valence-corrected chi connectivity index (χ0v) is 15.6. The van der Waals surface area contributed by atoms with Gasteiger partial charge in [0, 0.05) is 25.5 Å². The zero-order valence-electron chi connectivity index (χ0n) is 15.6. The summed E-state index contributed by atoms with van der Waals surface area (Å²) in [6, 6.07) is 3.36. The Morgan fingerprint density at radius 1 is 1.27 bits per heavy atom. The van der Waals surface area contributed by atoms with Crippen LogP contribution in [0.5, 0.6) is 0 Å². The molecule has 0 spiro atoms. The number of carbonyl (C=O) groups excluding carboxylic acids is 2. The van der Waals surface area contributed by atoms with Gasteiger partial charge in [-0.15, -0.1) is 0 Å². The second kappa shape index (κ2) is 8.68. The maximum absolute atomic E-state index is 13.1. The Balaban J connectivity index is 1.81. The average Bonchev–Trinajstić information content (AvgIpc) is 3.27. The van der Waals surface area contributed by atoms with E-state index in [-0.39, 0.29) is 30.9 Å². The van der Waals surface area contributed by atoms with Crippen LogP contribution in [0.3, 0.4) is 0 Å². The quantitative estimate of drug-likeness (QED) is 0.715. The fourth-order valence-electron chi connectivity index (χ4n) is 3.88. The summed E-state index contributed by atoms with van der Waals surface area (Å²) in [6.07, 6.45) is 5.62. The number of nitrogens with one attached hydrogen (secondary N) is 1. The lowest BCUT2D eigenvalue weighted by molar-refractivity contribution is -0.168. The molecule has 1 aliphatic heterocycles. The highest BCUT2D eigenvalue weighted by Crippen LogP contribution is 2.29. The summed E-state index contributed by atoms with van der Waals surface area (Å²) < 4.78 is 13.1. The number of hydrogen-bond acceptors (Lipinski definition) is 4. The number of fused-ring (bicyclic) bond motifs is 1. The molecule has 1 atom stereocenters. The summed E-state index contributed by atoms with van der Waals surface area (Å²) in [5.74, 6) is -0.207. The van der Waals surface area contributed by atoms with Gasteiger partial charge < -0.3 is 24.3 Å². The van der Waals surface area contributed by atoms with Crippen molar-refractivity contribution >= 4 is 11.8 Å². The molecule has 1 fully saturated rings. The minimum absolute atomic E-state index is 0.0929. The molecule has 2 heterocycles. The van der Waals surface area contributed by atoms with Crippen molar-refractivity contribution in [1.82, 2.24) is 14.8 Å². The Kier molecular flexibility index (Phi) is 6.32. The number of hydrogen-bond donors (Lipinski definition) is 1. The first-order valence-corrected chi connectivity index (χ1v) is 9.62. The van der Waals surface area contributed by atoms with E-state index in [0.717, 1.165) is 31.4 Å². The molecule has 1 aromatic rings. The van der Waals surface area contributed by atoms with Crippen LogP contribution in [0.25, 0.3) is 0 Å². The number of carbonyl (C=O) groups is 2. The number of ether oxygens (including phenoxy) is 2. The number of rotatable bonds is 8. The topological polar surface area (TPSA) is 72.8 Å². The summed E-state index contributed by atoms with van der Waals surface area (Å²) in [6.45, 7) is 5.23. The molecule has 1 aliphatic carbocycles. The number of aromatic nitrogens is 1. The maximum atomic E-state index is 13.1. The van der Waals surface area contributed by atoms with Gasteiger partial charge in [0.1, 0.15) is 6.54 Å². The van der Waals surface area contributed by atoms with Gasteiger partial charge in [-0.3, -0.25) is 9.59 Å². The average molecular weight is 363 g/mol. The molecule has 2 aliphatic rings. The number of amides is 2. The van der Waals surface area contributed by atoms with Crippen molar-refractivity contribution in [1.29, 1.82) is 0 Å². The van der Waals surface area contributed by atoms with Crippen LogP contribution in [-0.2, 0) is 25.6 Å². The fraction of sp³-hybridized carbons (Fsp3) is 0.684. The van der Waals surface area contributed by atoms with Crippen molar-refractivity contribution in [3.63, 3.8) is 0 Å². The molecule has 0 bridgehead atoms. The Hall–Kier alpha value is -1.86. The second-order valence-corrected chi connectivity index (χ2v) is 6.84. The SMILES string of the molecule is CCOC(CN1C(=O)Cn2cccc2[C@@H]1C(=O)NC1CCCC1)OCC. The molecular formula is C19H29N3O4. The highest BCUT2D eigenvalue weighted by atomic mass is 16.7. The highest BCUT2D eigenvalue weighted by Gasteiger charge is 2.39. The molecule has 0 saturated heterocycles. The van der Waals surface area contributed by atoms with Gasteiger partial charge in [-0.1, -0.05) is 12.8 Å². The summed E-state index contributed by atoms with van der Waals surface area (Å²) in [7, 11) is 0. The first-order chi connectivity index (χ1) is 12.6. The molecule has 1 N–H and O–H groups in total. The molecule has 3 rings (SSSR count). The molecule has 26 heavy (non-hydrogen) atoms. The van der Waals surface area contributed by atoms with Gasteiger partial charge in [0.25, 0.3) is 0 Å². The van der Waals surface area contributed by atoms with Gasteiger partial charge in [-0.05, 0) is 38.8 Å². The normalized spacial score (nSPS) is 20.7. The van der Waals surface area contributed by atoms with E-state index in [1.54, 1.807) is 4.90 Å². The largest absolute Gasteiger partial charge is 0.351 e. The van der Waals surface area contributed by atoms with Crippen molar-refractivity contribution in [2.75, 3.05) is 19.8 Å². The monoisotopic (exact) mass is 363 g/mol. The van der Waals surface area contributed by atoms with Crippen molar-refractivity contribution in [2.45, 2.75) is 64.4 Å². The third-order valence-electron chi connectivity index (χ3n) is 5.08. The van der Waals surface area contributed by atoms with Crippen LogP contribution in [-0.4, -0.2) is 53.4 Å². The van der Waals surface area contributed by atoms with Crippen LogP contribution in [0.15, 0.2) is 18.3 Å². The summed E-state index contributed by atoms with van der Waals surface area (Å²) in [4.78, 5) is 27.4. The molecule has 7 heteroatoms. The first kappa shape index (κ1) is 18.9. The highest BCUT2D eigenvalue weighted by molar-refractivity contribution is 5.90. The zero-order chi connectivity index (χ0) is 18.5. The van der Waals surface area contributed by atoms with E-state index >= 15 is 0 Å². The molecular weight excluding hydrogens is 334 g/mol. The molecule has 144 valence electrons. The van der Waals surface area contributed by atoms with Crippen LogP contribution in [0.1, 0.15) is 51.3 Å². The van der Waals surface area contributed by atoms with Crippen LogP contribution in [0.4, 0.5) is 0 Å². The lowest BCUT2D eigenvalue weighted by atomic mass is 10.1. The van der Waals surface area contributed by atoms with E-state index in [9.17, 15) is 9.59 Å². The van der Waals surface area contributed by atoms with Gasteiger partial charge in [-0.2, -0.15) is 0 Å². The lowest BCUT2D eigenvalue weighted by Crippen LogP contribution is -2.53. The minimum Gasteiger partial charge on any atom is -0.351 e. The minimum atomic E-state index is -0.643. The summed E-state index contributed by atoms with van der Waals surface area (Å²) in [5.41, 5.74) is 0.840. The molecule has 1 aromatic heterocycles. The Bertz CT molecular complexity index is 618. The van der Waals surface area contributed by atoms with Crippen LogP contribution >= 0.6 is 0 Å². The molecule has 1 saturated carbocycles. The fourth-order valence-corrected chi connectivity index (χ4v) is 3.88. The predicted octanol–water partition coefficient (Wildman–Crippen LogP) is 1.83. The van der Waals surface area contributed by atoms with Crippen molar-refractivity contribution in [3.05, 3.63) is 24.0 Å².